The summed E-state index contributed by atoms with van der Waals surface area (Å²) < 4.78 is 13.5. The maximum Gasteiger partial charge on any atom is 0.191 e. The summed E-state index contributed by atoms with van der Waals surface area (Å²) in [6.45, 7) is 6.54. The summed E-state index contributed by atoms with van der Waals surface area (Å²) in [6.07, 6.45) is 6.12. The molecule has 1 aromatic carbocycles. The van der Waals surface area contributed by atoms with E-state index in [1.807, 2.05) is 6.20 Å². The lowest BCUT2D eigenvalue weighted by atomic mass is 10.1. The Balaban J connectivity index is 0.00000272. The number of nitrogens with zero attached hydrogens (tertiary/aromatic N) is 3. The number of benzene rings is 1. The van der Waals surface area contributed by atoms with Crippen LogP contribution in [0.2, 0.25) is 0 Å². The van der Waals surface area contributed by atoms with Crippen LogP contribution in [0.5, 0.6) is 0 Å². The zero-order chi connectivity index (χ0) is 20.8. The quantitative estimate of drug-likeness (QED) is 0.220. The number of fused-ring (bicyclic) bond motifs is 1. The molecule has 0 bridgehead atoms. The van der Waals surface area contributed by atoms with E-state index < -0.39 is 0 Å². The Morgan fingerprint density at radius 1 is 1.26 bits per heavy atom. The largest absolute Gasteiger partial charge is 0.361 e. The van der Waals surface area contributed by atoms with Gasteiger partial charge in [-0.15, -0.1) is 35.3 Å². The van der Waals surface area contributed by atoms with E-state index >= 15 is 0 Å². The molecule has 0 atom stereocenters. The average molecular weight is 556 g/mol. The number of halogens is 2. The second-order valence-corrected chi connectivity index (χ2v) is 8.34. The molecule has 2 aromatic heterocycles. The number of aromatic nitrogens is 2. The fourth-order valence-corrected chi connectivity index (χ4v) is 4.68. The molecule has 0 saturated carbocycles. The summed E-state index contributed by atoms with van der Waals surface area (Å²) in [6, 6.07) is 4.85. The zero-order valence-electron chi connectivity index (χ0n) is 17.8. The number of aromatic amines is 1. The van der Waals surface area contributed by atoms with E-state index in [0.717, 1.165) is 72.3 Å². The lowest BCUT2D eigenvalue weighted by Gasteiger charge is -2.12. The number of nitrogens with one attached hydrogen (secondary N) is 3. The fourth-order valence-electron chi connectivity index (χ4n) is 3.76. The second kappa shape index (κ2) is 11.7. The van der Waals surface area contributed by atoms with E-state index in [1.165, 1.54) is 18.9 Å². The van der Waals surface area contributed by atoms with Crippen LogP contribution in [0.4, 0.5) is 9.52 Å². The van der Waals surface area contributed by atoms with Gasteiger partial charge in [0.25, 0.3) is 0 Å². The van der Waals surface area contributed by atoms with Crippen LogP contribution in [0.1, 0.15) is 31.0 Å². The number of aliphatic imine (C=N–C) groups is 1. The molecule has 1 aliphatic heterocycles. The molecule has 31 heavy (non-hydrogen) atoms. The summed E-state index contributed by atoms with van der Waals surface area (Å²) in [5.74, 6) is 0.597. The van der Waals surface area contributed by atoms with E-state index in [9.17, 15) is 4.39 Å². The van der Waals surface area contributed by atoms with Crippen LogP contribution < -0.4 is 15.5 Å². The van der Waals surface area contributed by atoms with E-state index in [4.69, 9.17) is 4.98 Å². The number of anilines is 1. The normalized spacial score (nSPS) is 14.1. The average Bonchev–Trinajstić information content (AvgIpc) is 3.49. The van der Waals surface area contributed by atoms with Gasteiger partial charge in [-0.2, -0.15) is 0 Å². The number of H-pyrrole nitrogens is 1. The van der Waals surface area contributed by atoms with Gasteiger partial charge in [0.1, 0.15) is 5.82 Å². The van der Waals surface area contributed by atoms with Crippen molar-refractivity contribution in [2.24, 2.45) is 4.99 Å². The van der Waals surface area contributed by atoms with Crippen LogP contribution in [0.3, 0.4) is 0 Å². The zero-order valence-corrected chi connectivity index (χ0v) is 20.9. The minimum atomic E-state index is -0.207. The van der Waals surface area contributed by atoms with Gasteiger partial charge in [-0.05, 0) is 49.9 Å². The molecule has 1 fully saturated rings. The molecule has 0 unspecified atom stereocenters. The van der Waals surface area contributed by atoms with Crippen molar-refractivity contribution < 1.29 is 4.39 Å². The lowest BCUT2D eigenvalue weighted by molar-refractivity contribution is 0.629. The van der Waals surface area contributed by atoms with Gasteiger partial charge in [-0.3, -0.25) is 4.99 Å². The van der Waals surface area contributed by atoms with Gasteiger partial charge in [0, 0.05) is 61.6 Å². The predicted molar refractivity (Wildman–Crippen MR) is 139 cm³/mol. The third-order valence-corrected chi connectivity index (χ3v) is 6.26. The maximum absolute atomic E-state index is 13.5. The number of thiazole rings is 1. The van der Waals surface area contributed by atoms with E-state index in [-0.39, 0.29) is 29.8 Å². The molecule has 9 heteroatoms. The molecular formula is C22H30FIN6S. The smallest absolute Gasteiger partial charge is 0.191 e. The number of hydrogen-bond acceptors (Lipinski definition) is 4. The highest BCUT2D eigenvalue weighted by molar-refractivity contribution is 14.0. The third kappa shape index (κ3) is 6.31. The molecule has 0 amide bonds. The summed E-state index contributed by atoms with van der Waals surface area (Å²) in [5, 5.41) is 10.9. The molecule has 6 nitrogen and oxygen atoms in total. The molecule has 168 valence electrons. The van der Waals surface area contributed by atoms with Gasteiger partial charge in [0.15, 0.2) is 11.1 Å². The molecule has 0 radical (unpaired) electrons. The van der Waals surface area contributed by atoms with Crippen LogP contribution in [0.15, 0.2) is 34.8 Å². The molecule has 3 aromatic rings. The predicted octanol–water partition coefficient (Wildman–Crippen LogP) is 4.32. The molecule has 3 heterocycles. The van der Waals surface area contributed by atoms with Gasteiger partial charge < -0.3 is 20.5 Å². The first-order valence-electron chi connectivity index (χ1n) is 10.7. The van der Waals surface area contributed by atoms with E-state index in [1.54, 1.807) is 23.5 Å². The fraction of sp³-hybridized carbons (Fsp3) is 0.455. The summed E-state index contributed by atoms with van der Waals surface area (Å²) in [7, 11) is 0. The SMILES string of the molecule is CCNC(=NCCc1csc(N2CCCC2)n1)NCCc1c[nH]c2ccc(F)cc12.I. The summed E-state index contributed by atoms with van der Waals surface area (Å²) in [4.78, 5) is 15.0. The van der Waals surface area contributed by atoms with Crippen LogP contribution in [0.25, 0.3) is 10.9 Å². The highest BCUT2D eigenvalue weighted by Gasteiger charge is 2.15. The molecule has 4 rings (SSSR count). The summed E-state index contributed by atoms with van der Waals surface area (Å²) in [5.41, 5.74) is 3.18. The molecule has 3 N–H and O–H groups in total. The van der Waals surface area contributed by atoms with Crippen LogP contribution in [-0.4, -0.2) is 48.7 Å². The van der Waals surface area contributed by atoms with Crippen molar-refractivity contribution in [3.8, 4) is 0 Å². The Morgan fingerprint density at radius 2 is 2.10 bits per heavy atom. The Bertz CT molecular complexity index is 995. The number of rotatable bonds is 8. The van der Waals surface area contributed by atoms with Crippen molar-refractivity contribution in [1.29, 1.82) is 0 Å². The first-order chi connectivity index (χ1) is 14.7. The lowest BCUT2D eigenvalue weighted by Crippen LogP contribution is -2.38. The Morgan fingerprint density at radius 3 is 2.90 bits per heavy atom. The van der Waals surface area contributed by atoms with Gasteiger partial charge in [-0.25, -0.2) is 9.37 Å². The van der Waals surface area contributed by atoms with Crippen molar-refractivity contribution in [2.75, 3.05) is 37.6 Å². The molecular weight excluding hydrogens is 526 g/mol. The Kier molecular flexibility index (Phi) is 8.94. The Labute approximate surface area is 203 Å². The van der Waals surface area contributed by atoms with Crippen molar-refractivity contribution in [1.82, 2.24) is 20.6 Å². The minimum Gasteiger partial charge on any atom is -0.361 e. The first-order valence-corrected chi connectivity index (χ1v) is 11.6. The van der Waals surface area contributed by atoms with Crippen LogP contribution >= 0.6 is 35.3 Å². The summed E-state index contributed by atoms with van der Waals surface area (Å²) >= 11 is 1.74. The maximum atomic E-state index is 13.5. The van der Waals surface area contributed by atoms with Gasteiger partial charge in [-0.1, -0.05) is 0 Å². The molecule has 0 aliphatic carbocycles. The number of guanidine groups is 1. The Hall–Kier alpha value is -1.88. The standard InChI is InChI=1S/C22H29FN6S.HI/c1-2-24-21(25-9-7-16-14-27-20-6-5-17(23)13-19(16)20)26-10-8-18-15-30-22(28-18)29-11-3-4-12-29;/h5-6,13-15,27H,2-4,7-12H2,1H3,(H2,24,25,26);1H. The molecule has 1 saturated heterocycles. The van der Waals surface area contributed by atoms with Gasteiger partial charge >= 0.3 is 0 Å². The molecule has 0 spiro atoms. The van der Waals surface area contributed by atoms with Gasteiger partial charge in [0.05, 0.1) is 5.69 Å². The highest BCUT2D eigenvalue weighted by Crippen LogP contribution is 2.24. The third-order valence-electron chi connectivity index (χ3n) is 5.31. The number of hydrogen-bond donors (Lipinski definition) is 3. The van der Waals surface area contributed by atoms with Crippen molar-refractivity contribution in [2.45, 2.75) is 32.6 Å². The second-order valence-electron chi connectivity index (χ2n) is 7.51. The molecule has 1 aliphatic rings. The van der Waals surface area contributed by atoms with E-state index in [0.29, 0.717) is 6.54 Å². The van der Waals surface area contributed by atoms with Crippen LogP contribution in [0, 0.1) is 5.82 Å². The topological polar surface area (TPSA) is 68.3 Å². The van der Waals surface area contributed by atoms with E-state index in [2.05, 4.69) is 37.8 Å². The van der Waals surface area contributed by atoms with Crippen molar-refractivity contribution >= 4 is 57.3 Å². The van der Waals surface area contributed by atoms with Crippen molar-refractivity contribution in [3.63, 3.8) is 0 Å². The van der Waals surface area contributed by atoms with Gasteiger partial charge in [0.2, 0.25) is 0 Å². The minimum absolute atomic E-state index is 0. The first kappa shape index (κ1) is 23.8. The van der Waals surface area contributed by atoms with Crippen LogP contribution in [-0.2, 0) is 12.8 Å². The highest BCUT2D eigenvalue weighted by atomic mass is 127. The monoisotopic (exact) mass is 556 g/mol. The van der Waals surface area contributed by atoms with Crippen molar-refractivity contribution in [3.05, 3.63) is 46.9 Å².